The molecule has 0 saturated carbocycles. The number of rotatable bonds is 2. The van der Waals surface area contributed by atoms with E-state index in [-0.39, 0.29) is 12.9 Å². The summed E-state index contributed by atoms with van der Waals surface area (Å²) in [5.74, 6) is 1.99. The smallest absolute Gasteiger partial charge is 0.231 e. The van der Waals surface area contributed by atoms with Gasteiger partial charge in [0.2, 0.25) is 6.79 Å². The maximum absolute atomic E-state index is 5.71. The molecule has 0 aliphatic carbocycles. The van der Waals surface area contributed by atoms with Crippen molar-refractivity contribution in [2.75, 3.05) is 12.7 Å². The van der Waals surface area contributed by atoms with Gasteiger partial charge in [-0.1, -0.05) is 5.16 Å². The molecule has 1 unspecified atom stereocenters. The zero-order valence-electron chi connectivity index (χ0n) is 8.48. The van der Waals surface area contributed by atoms with Crippen LogP contribution in [0.1, 0.15) is 12.0 Å². The van der Waals surface area contributed by atoms with Crippen LogP contribution < -0.4 is 9.47 Å². The number of benzene rings is 1. The molecule has 0 radical (unpaired) electrons. The van der Waals surface area contributed by atoms with Crippen molar-refractivity contribution < 1.29 is 14.3 Å². The molecule has 0 bridgehead atoms. The fourth-order valence-corrected chi connectivity index (χ4v) is 1.92. The third-order valence-electron chi connectivity index (χ3n) is 2.61. The lowest BCUT2D eigenvalue weighted by Gasteiger charge is -2.02. The van der Waals surface area contributed by atoms with Crippen LogP contribution in [0.2, 0.25) is 0 Å². The van der Waals surface area contributed by atoms with Crippen LogP contribution >= 0.6 is 11.6 Å². The van der Waals surface area contributed by atoms with Crippen LogP contribution in [0.5, 0.6) is 11.5 Å². The summed E-state index contributed by atoms with van der Waals surface area (Å²) in [6.07, 6.45) is 0.727. The van der Waals surface area contributed by atoms with Crippen molar-refractivity contribution in [2.45, 2.75) is 12.5 Å². The molecule has 0 N–H and O–H groups in total. The second-order valence-corrected chi connectivity index (χ2v) is 4.00. The lowest BCUT2D eigenvalue weighted by molar-refractivity contribution is 0.102. The molecule has 0 spiro atoms. The van der Waals surface area contributed by atoms with Gasteiger partial charge in [-0.25, -0.2) is 0 Å². The highest BCUT2D eigenvalue weighted by Crippen LogP contribution is 2.33. The van der Waals surface area contributed by atoms with Gasteiger partial charge in [-0.15, -0.1) is 11.6 Å². The molecule has 0 saturated heterocycles. The van der Waals surface area contributed by atoms with Gasteiger partial charge in [0.05, 0.1) is 11.6 Å². The largest absolute Gasteiger partial charge is 0.454 e. The monoisotopic (exact) mass is 239 g/mol. The molecular weight excluding hydrogens is 230 g/mol. The van der Waals surface area contributed by atoms with Crippen molar-refractivity contribution in [2.24, 2.45) is 5.16 Å². The maximum Gasteiger partial charge on any atom is 0.231 e. The summed E-state index contributed by atoms with van der Waals surface area (Å²) in [5.41, 5.74) is 1.90. The highest BCUT2D eigenvalue weighted by atomic mass is 35.5. The van der Waals surface area contributed by atoms with Crippen molar-refractivity contribution in [1.29, 1.82) is 0 Å². The molecule has 5 heteroatoms. The van der Waals surface area contributed by atoms with Crippen molar-refractivity contribution in [1.82, 2.24) is 0 Å². The highest BCUT2D eigenvalue weighted by molar-refractivity contribution is 6.18. The first-order valence-corrected chi connectivity index (χ1v) is 5.59. The average Bonchev–Trinajstić information content (AvgIpc) is 2.96. The van der Waals surface area contributed by atoms with Crippen LogP contribution in [0, 0.1) is 0 Å². The lowest BCUT2D eigenvalue weighted by Crippen LogP contribution is -2.09. The van der Waals surface area contributed by atoms with E-state index in [0.717, 1.165) is 29.2 Å². The van der Waals surface area contributed by atoms with Crippen LogP contribution in [0.4, 0.5) is 0 Å². The van der Waals surface area contributed by atoms with E-state index in [9.17, 15) is 0 Å². The topological polar surface area (TPSA) is 40.0 Å². The van der Waals surface area contributed by atoms with Gasteiger partial charge in [-0.3, -0.25) is 0 Å². The molecule has 0 amide bonds. The summed E-state index contributed by atoms with van der Waals surface area (Å²) in [5, 5.41) is 4.02. The standard InChI is InChI=1S/C11H10ClNO3/c12-5-8-4-9(13-16-8)7-1-2-10-11(3-7)15-6-14-10/h1-3,8H,4-6H2. The second kappa shape index (κ2) is 3.87. The molecule has 3 rings (SSSR count). The van der Waals surface area contributed by atoms with Gasteiger partial charge in [0, 0.05) is 12.0 Å². The predicted molar refractivity (Wildman–Crippen MR) is 59.3 cm³/mol. The summed E-state index contributed by atoms with van der Waals surface area (Å²) in [7, 11) is 0. The van der Waals surface area contributed by atoms with Gasteiger partial charge in [0.1, 0.15) is 6.10 Å². The number of hydrogen-bond acceptors (Lipinski definition) is 4. The summed E-state index contributed by atoms with van der Waals surface area (Å²) >= 11 is 5.71. The number of alkyl halides is 1. The van der Waals surface area contributed by atoms with Crippen molar-refractivity contribution in [3.8, 4) is 11.5 Å². The molecule has 2 aliphatic heterocycles. The Morgan fingerprint density at radius 1 is 1.31 bits per heavy atom. The van der Waals surface area contributed by atoms with E-state index in [4.69, 9.17) is 25.9 Å². The molecular formula is C11H10ClNO3. The fourth-order valence-electron chi connectivity index (χ4n) is 1.76. The molecule has 0 aromatic heterocycles. The SMILES string of the molecule is ClCC1CC(c2ccc3c(c2)OCO3)=NO1. The predicted octanol–water partition coefficient (Wildman–Crippen LogP) is 2.15. The highest BCUT2D eigenvalue weighted by Gasteiger charge is 2.23. The molecule has 1 atom stereocenters. The first kappa shape index (κ1) is 9.78. The third kappa shape index (κ3) is 1.59. The van der Waals surface area contributed by atoms with E-state index in [1.54, 1.807) is 0 Å². The molecule has 84 valence electrons. The minimum Gasteiger partial charge on any atom is -0.454 e. The number of ether oxygens (including phenoxy) is 2. The van der Waals surface area contributed by atoms with E-state index in [1.165, 1.54) is 0 Å². The van der Waals surface area contributed by atoms with Crippen molar-refractivity contribution in [3.05, 3.63) is 23.8 Å². The first-order valence-electron chi connectivity index (χ1n) is 5.05. The Hall–Kier alpha value is -1.42. The molecule has 4 nitrogen and oxygen atoms in total. The average molecular weight is 240 g/mol. The quantitative estimate of drug-likeness (QED) is 0.743. The fraction of sp³-hybridized carbons (Fsp3) is 0.364. The van der Waals surface area contributed by atoms with E-state index >= 15 is 0 Å². The molecule has 2 heterocycles. The Morgan fingerprint density at radius 3 is 3.00 bits per heavy atom. The Morgan fingerprint density at radius 2 is 2.19 bits per heavy atom. The Kier molecular flexibility index (Phi) is 2.36. The van der Waals surface area contributed by atoms with Crippen molar-refractivity contribution >= 4 is 17.3 Å². The Labute approximate surface area is 97.7 Å². The van der Waals surface area contributed by atoms with Gasteiger partial charge < -0.3 is 14.3 Å². The Bertz CT molecular complexity index is 447. The normalized spacial score (nSPS) is 21.8. The first-order chi connectivity index (χ1) is 7.86. The van der Waals surface area contributed by atoms with E-state index in [2.05, 4.69) is 5.16 Å². The molecule has 1 aromatic carbocycles. The minimum atomic E-state index is -0.0120. The maximum atomic E-state index is 5.71. The van der Waals surface area contributed by atoms with E-state index < -0.39 is 0 Å². The summed E-state index contributed by atoms with van der Waals surface area (Å²) in [6.45, 7) is 0.284. The van der Waals surface area contributed by atoms with E-state index in [1.807, 2.05) is 18.2 Å². The zero-order valence-corrected chi connectivity index (χ0v) is 9.24. The molecule has 2 aliphatic rings. The minimum absolute atomic E-state index is 0.0120. The van der Waals surface area contributed by atoms with Crippen LogP contribution in [0.3, 0.4) is 0 Å². The molecule has 0 fully saturated rings. The van der Waals surface area contributed by atoms with Gasteiger partial charge in [-0.2, -0.15) is 0 Å². The van der Waals surface area contributed by atoms with Gasteiger partial charge >= 0.3 is 0 Å². The molecule has 16 heavy (non-hydrogen) atoms. The number of oxime groups is 1. The van der Waals surface area contributed by atoms with Gasteiger partial charge in [0.15, 0.2) is 11.5 Å². The lowest BCUT2D eigenvalue weighted by atomic mass is 10.1. The summed E-state index contributed by atoms with van der Waals surface area (Å²) in [6, 6.07) is 5.75. The van der Waals surface area contributed by atoms with Crippen LogP contribution in [-0.2, 0) is 4.84 Å². The molecule has 1 aromatic rings. The zero-order chi connectivity index (χ0) is 11.0. The number of halogens is 1. The van der Waals surface area contributed by atoms with E-state index in [0.29, 0.717) is 5.88 Å². The summed E-state index contributed by atoms with van der Waals surface area (Å²) in [4.78, 5) is 5.17. The van der Waals surface area contributed by atoms with Crippen LogP contribution in [-0.4, -0.2) is 24.5 Å². The number of hydrogen-bond donors (Lipinski definition) is 0. The third-order valence-corrected chi connectivity index (χ3v) is 2.96. The van der Waals surface area contributed by atoms with Crippen molar-refractivity contribution in [3.63, 3.8) is 0 Å². The number of fused-ring (bicyclic) bond motifs is 1. The second-order valence-electron chi connectivity index (χ2n) is 3.69. The van der Waals surface area contributed by atoms with Crippen LogP contribution in [0.15, 0.2) is 23.4 Å². The Balaban J connectivity index is 1.85. The van der Waals surface area contributed by atoms with Gasteiger partial charge in [0.25, 0.3) is 0 Å². The van der Waals surface area contributed by atoms with Gasteiger partial charge in [-0.05, 0) is 18.2 Å². The number of nitrogens with zero attached hydrogens (tertiary/aromatic N) is 1. The summed E-state index contributed by atoms with van der Waals surface area (Å²) < 4.78 is 10.6. The van der Waals surface area contributed by atoms with Crippen LogP contribution in [0.25, 0.3) is 0 Å².